The number of benzene rings is 1. The Morgan fingerprint density at radius 1 is 1.19 bits per heavy atom. The van der Waals surface area contributed by atoms with Gasteiger partial charge in [0.2, 0.25) is 0 Å². The zero-order chi connectivity index (χ0) is 11.4. The summed E-state index contributed by atoms with van der Waals surface area (Å²) in [5, 5.41) is 4.78. The summed E-state index contributed by atoms with van der Waals surface area (Å²) >= 11 is 0. The minimum atomic E-state index is 0.973. The smallest absolute Gasteiger partial charge is 0.0480 e. The normalized spacial score (nSPS) is 11.1. The molecule has 2 aromatic rings. The molecule has 0 aliphatic rings. The van der Waals surface area contributed by atoms with Gasteiger partial charge < -0.3 is 9.88 Å². The zero-order valence-corrected chi connectivity index (χ0v) is 10.2. The zero-order valence-electron chi connectivity index (χ0n) is 10.2. The van der Waals surface area contributed by atoms with Gasteiger partial charge in [-0.05, 0) is 49.0 Å². The number of nitrogens with one attached hydrogen (secondary N) is 1. The monoisotopic (exact) mass is 216 g/mol. The maximum atomic E-state index is 3.43. The van der Waals surface area contributed by atoms with Gasteiger partial charge in [-0.25, -0.2) is 0 Å². The van der Waals surface area contributed by atoms with Gasteiger partial charge in [-0.1, -0.05) is 13.0 Å². The summed E-state index contributed by atoms with van der Waals surface area (Å²) in [6.07, 6.45) is 3.35. The van der Waals surface area contributed by atoms with Crippen LogP contribution in [0, 0.1) is 0 Å². The van der Waals surface area contributed by atoms with E-state index in [4.69, 9.17) is 0 Å². The summed E-state index contributed by atoms with van der Waals surface area (Å²) in [7, 11) is 0. The average Bonchev–Trinajstić information content (AvgIpc) is 2.71. The van der Waals surface area contributed by atoms with E-state index in [9.17, 15) is 0 Å². The van der Waals surface area contributed by atoms with Crippen molar-refractivity contribution in [1.82, 2.24) is 9.88 Å². The predicted molar refractivity (Wildman–Crippen MR) is 69.6 cm³/mol. The van der Waals surface area contributed by atoms with Gasteiger partial charge >= 0.3 is 0 Å². The molecule has 2 rings (SSSR count). The van der Waals surface area contributed by atoms with Crippen molar-refractivity contribution in [3.8, 4) is 0 Å². The number of hydrogen-bond donors (Lipinski definition) is 1. The van der Waals surface area contributed by atoms with Crippen LogP contribution in [0.5, 0.6) is 0 Å². The molecule has 0 bridgehead atoms. The van der Waals surface area contributed by atoms with E-state index >= 15 is 0 Å². The van der Waals surface area contributed by atoms with Crippen LogP contribution in [0.3, 0.4) is 0 Å². The number of aryl methyl sites for hydroxylation is 1. The van der Waals surface area contributed by atoms with E-state index < -0.39 is 0 Å². The Morgan fingerprint density at radius 2 is 2.06 bits per heavy atom. The first kappa shape index (κ1) is 11.2. The van der Waals surface area contributed by atoms with Crippen LogP contribution < -0.4 is 5.32 Å². The van der Waals surface area contributed by atoms with Crippen LogP contribution in [-0.4, -0.2) is 11.1 Å². The molecule has 0 fully saturated rings. The van der Waals surface area contributed by atoms with Crippen molar-refractivity contribution in [2.24, 2.45) is 0 Å². The van der Waals surface area contributed by atoms with Gasteiger partial charge in [0.05, 0.1) is 0 Å². The van der Waals surface area contributed by atoms with Crippen molar-refractivity contribution in [3.63, 3.8) is 0 Å². The molecule has 16 heavy (non-hydrogen) atoms. The second-order valence-electron chi connectivity index (χ2n) is 4.17. The number of hydrogen-bond acceptors (Lipinski definition) is 1. The molecule has 86 valence electrons. The van der Waals surface area contributed by atoms with Gasteiger partial charge in [0.25, 0.3) is 0 Å². The summed E-state index contributed by atoms with van der Waals surface area (Å²) < 4.78 is 2.28. The molecule has 0 unspecified atom stereocenters. The topological polar surface area (TPSA) is 17.0 Å². The molecule has 1 aromatic heterocycles. The fourth-order valence-electron chi connectivity index (χ4n) is 2.04. The van der Waals surface area contributed by atoms with Crippen LogP contribution in [0.2, 0.25) is 0 Å². The first-order valence-corrected chi connectivity index (χ1v) is 6.13. The van der Waals surface area contributed by atoms with Crippen LogP contribution in [-0.2, 0) is 13.1 Å². The first-order valence-electron chi connectivity index (χ1n) is 6.13. The van der Waals surface area contributed by atoms with E-state index in [0.29, 0.717) is 0 Å². The van der Waals surface area contributed by atoms with Crippen molar-refractivity contribution in [1.29, 1.82) is 0 Å². The Labute approximate surface area is 97.3 Å². The molecule has 0 saturated carbocycles. The minimum absolute atomic E-state index is 0.973. The highest BCUT2D eigenvalue weighted by atomic mass is 14.9. The highest BCUT2D eigenvalue weighted by Crippen LogP contribution is 2.17. The largest absolute Gasteiger partial charge is 0.348 e. The summed E-state index contributed by atoms with van der Waals surface area (Å²) in [4.78, 5) is 0. The molecule has 0 aliphatic carbocycles. The van der Waals surface area contributed by atoms with Crippen LogP contribution in [0.4, 0.5) is 0 Å². The van der Waals surface area contributed by atoms with Crippen molar-refractivity contribution >= 4 is 10.9 Å². The lowest BCUT2D eigenvalue weighted by Gasteiger charge is -2.05. The van der Waals surface area contributed by atoms with E-state index in [1.54, 1.807) is 0 Å². The molecule has 0 atom stereocenters. The Hall–Kier alpha value is -1.28. The molecule has 2 nitrogen and oxygen atoms in total. The van der Waals surface area contributed by atoms with Crippen LogP contribution in [0.15, 0.2) is 30.5 Å². The Morgan fingerprint density at radius 3 is 2.81 bits per heavy atom. The molecule has 0 amide bonds. The molecule has 0 spiro atoms. The van der Waals surface area contributed by atoms with Crippen molar-refractivity contribution in [3.05, 3.63) is 36.0 Å². The molecule has 0 aliphatic heterocycles. The third-order valence-electron chi connectivity index (χ3n) is 2.93. The summed E-state index contributed by atoms with van der Waals surface area (Å²) in [6, 6.07) is 8.92. The highest BCUT2D eigenvalue weighted by Gasteiger charge is 2.00. The van der Waals surface area contributed by atoms with Gasteiger partial charge in [0.1, 0.15) is 0 Å². The van der Waals surface area contributed by atoms with Crippen molar-refractivity contribution in [2.75, 3.05) is 6.54 Å². The van der Waals surface area contributed by atoms with E-state index in [0.717, 1.165) is 19.6 Å². The Kier molecular flexibility index (Phi) is 3.62. The van der Waals surface area contributed by atoms with E-state index in [2.05, 4.69) is 54.2 Å². The lowest BCUT2D eigenvalue weighted by Crippen LogP contribution is -2.13. The Balaban J connectivity index is 2.17. The average molecular weight is 216 g/mol. The molecule has 1 aromatic carbocycles. The van der Waals surface area contributed by atoms with Crippen LogP contribution in [0.1, 0.15) is 25.8 Å². The van der Waals surface area contributed by atoms with E-state index in [-0.39, 0.29) is 0 Å². The van der Waals surface area contributed by atoms with Crippen molar-refractivity contribution < 1.29 is 0 Å². The maximum absolute atomic E-state index is 3.43. The lowest BCUT2D eigenvalue weighted by molar-refractivity contribution is 0.676. The standard InChI is InChI=1S/C14H20N2/c1-3-8-15-11-12-5-6-14-13(10-12)7-9-16(14)4-2/h5-7,9-10,15H,3-4,8,11H2,1-2H3. The van der Waals surface area contributed by atoms with Crippen LogP contribution in [0.25, 0.3) is 10.9 Å². The summed E-state index contributed by atoms with van der Waals surface area (Å²) in [5.74, 6) is 0. The molecular formula is C14H20N2. The van der Waals surface area contributed by atoms with Gasteiger partial charge in [0.15, 0.2) is 0 Å². The van der Waals surface area contributed by atoms with Gasteiger partial charge in [-0.2, -0.15) is 0 Å². The van der Waals surface area contributed by atoms with Crippen molar-refractivity contribution in [2.45, 2.75) is 33.4 Å². The SMILES string of the molecule is CCCNCc1ccc2c(ccn2CC)c1. The lowest BCUT2D eigenvalue weighted by atomic mass is 10.1. The number of aromatic nitrogens is 1. The number of fused-ring (bicyclic) bond motifs is 1. The van der Waals surface area contributed by atoms with E-state index in [1.165, 1.54) is 22.9 Å². The summed E-state index contributed by atoms with van der Waals surface area (Å²) in [6.45, 7) is 7.47. The maximum Gasteiger partial charge on any atom is 0.0480 e. The third-order valence-corrected chi connectivity index (χ3v) is 2.93. The van der Waals surface area contributed by atoms with E-state index in [1.807, 2.05) is 0 Å². The first-order chi connectivity index (χ1) is 7.85. The number of rotatable bonds is 5. The quantitative estimate of drug-likeness (QED) is 0.760. The predicted octanol–water partition coefficient (Wildman–Crippen LogP) is 3.16. The second-order valence-corrected chi connectivity index (χ2v) is 4.17. The fraction of sp³-hybridized carbons (Fsp3) is 0.429. The summed E-state index contributed by atoms with van der Waals surface area (Å²) in [5.41, 5.74) is 2.71. The molecule has 0 radical (unpaired) electrons. The molecule has 0 saturated heterocycles. The highest BCUT2D eigenvalue weighted by molar-refractivity contribution is 5.80. The fourth-order valence-corrected chi connectivity index (χ4v) is 2.04. The van der Waals surface area contributed by atoms with Gasteiger partial charge in [-0.3, -0.25) is 0 Å². The molecule has 1 N–H and O–H groups in total. The molecule has 2 heteroatoms. The molecule has 1 heterocycles. The van der Waals surface area contributed by atoms with Crippen LogP contribution >= 0.6 is 0 Å². The molecular weight excluding hydrogens is 196 g/mol. The van der Waals surface area contributed by atoms with Gasteiger partial charge in [-0.15, -0.1) is 0 Å². The third kappa shape index (κ3) is 2.27. The second kappa shape index (κ2) is 5.17. The Bertz CT molecular complexity index is 457. The number of nitrogens with zero attached hydrogens (tertiary/aromatic N) is 1. The van der Waals surface area contributed by atoms with Gasteiger partial charge in [0, 0.05) is 24.8 Å². The minimum Gasteiger partial charge on any atom is -0.348 e.